The predicted octanol–water partition coefficient (Wildman–Crippen LogP) is 4.02. The summed E-state index contributed by atoms with van der Waals surface area (Å²) in [6, 6.07) is 1.45. The summed E-state index contributed by atoms with van der Waals surface area (Å²) < 4.78 is 27.3. The zero-order valence-corrected chi connectivity index (χ0v) is 18.7. The molecule has 0 unspecified atom stereocenters. The Labute approximate surface area is 189 Å². The molecule has 0 radical (unpaired) electrons. The monoisotopic (exact) mass is 459 g/mol. The molecule has 8 nitrogen and oxygen atoms in total. The quantitative estimate of drug-likeness (QED) is 0.543. The van der Waals surface area contributed by atoms with E-state index in [2.05, 4.69) is 27.2 Å². The van der Waals surface area contributed by atoms with Crippen molar-refractivity contribution >= 4 is 23.2 Å². The van der Waals surface area contributed by atoms with Crippen molar-refractivity contribution in [2.75, 3.05) is 19.5 Å². The lowest BCUT2D eigenvalue weighted by Gasteiger charge is -2.25. The number of fused-ring (bicyclic) bond motifs is 1. The van der Waals surface area contributed by atoms with Crippen LogP contribution in [0.1, 0.15) is 29.2 Å². The van der Waals surface area contributed by atoms with Crippen LogP contribution in [-0.4, -0.2) is 40.1 Å². The number of rotatable bonds is 6. The first-order chi connectivity index (χ1) is 15.4. The molecule has 1 atom stereocenters. The second-order valence-electron chi connectivity index (χ2n) is 7.52. The molecular formula is C22H23ClFN5O3. The maximum atomic E-state index is 15.1. The molecule has 1 aliphatic carbocycles. The van der Waals surface area contributed by atoms with Gasteiger partial charge in [0.25, 0.3) is 0 Å². The Bertz CT molecular complexity index is 1170. The zero-order valence-electron chi connectivity index (χ0n) is 18.0. The van der Waals surface area contributed by atoms with Crippen LogP contribution in [0.25, 0.3) is 11.4 Å². The maximum absolute atomic E-state index is 15.1. The average molecular weight is 460 g/mol. The van der Waals surface area contributed by atoms with Gasteiger partial charge in [-0.05, 0) is 31.3 Å². The van der Waals surface area contributed by atoms with E-state index in [4.69, 9.17) is 21.1 Å². The van der Waals surface area contributed by atoms with Crippen molar-refractivity contribution in [2.24, 2.45) is 7.05 Å². The summed E-state index contributed by atoms with van der Waals surface area (Å²) in [7, 11) is 4.68. The first-order valence-electron chi connectivity index (χ1n) is 10.0. The number of ether oxygens (including phenoxy) is 2. The summed E-state index contributed by atoms with van der Waals surface area (Å²) in [5.41, 5.74) is 4.20. The molecule has 0 aliphatic heterocycles. The standard InChI is InChI=1S/C22H23ClFN5O3/c1-5-17(30)26-14-10-25-29(2)22(14)21-12-7-6-11(8-13(12)27-28-21)18-19(23)15(31-3)9-16(32-4)20(18)24/h5,9-11H,1,6-8H2,2-4H3,(H,26,30)(H,27,28)/t11-/m0/s1. The number of carbonyl (C=O) groups excluding carboxylic acids is 1. The van der Waals surface area contributed by atoms with Gasteiger partial charge in [-0.3, -0.25) is 14.6 Å². The van der Waals surface area contributed by atoms with Gasteiger partial charge >= 0.3 is 0 Å². The van der Waals surface area contributed by atoms with E-state index in [1.165, 1.54) is 26.4 Å². The van der Waals surface area contributed by atoms with Crippen LogP contribution in [0.4, 0.5) is 10.1 Å². The fourth-order valence-corrected chi connectivity index (χ4v) is 4.57. The number of aryl methyl sites for hydroxylation is 1. The normalized spacial score (nSPS) is 15.2. The summed E-state index contributed by atoms with van der Waals surface area (Å²) >= 11 is 6.49. The molecule has 2 aromatic heterocycles. The van der Waals surface area contributed by atoms with Crippen molar-refractivity contribution in [3.63, 3.8) is 0 Å². The molecule has 4 rings (SSSR count). The van der Waals surface area contributed by atoms with E-state index in [1.807, 2.05) is 0 Å². The molecule has 3 aromatic rings. The van der Waals surface area contributed by atoms with Gasteiger partial charge in [-0.25, -0.2) is 4.39 Å². The fourth-order valence-electron chi connectivity index (χ4n) is 4.21. The van der Waals surface area contributed by atoms with Crippen LogP contribution in [0.3, 0.4) is 0 Å². The second kappa shape index (κ2) is 8.66. The summed E-state index contributed by atoms with van der Waals surface area (Å²) in [5, 5.41) is 14.8. The number of carbonyl (C=O) groups is 1. The average Bonchev–Trinajstić information content (AvgIpc) is 3.36. The third-order valence-corrected chi connectivity index (χ3v) is 6.16. The van der Waals surface area contributed by atoms with E-state index < -0.39 is 5.82 Å². The highest BCUT2D eigenvalue weighted by Gasteiger charge is 2.32. The van der Waals surface area contributed by atoms with Gasteiger partial charge in [-0.1, -0.05) is 18.2 Å². The number of benzene rings is 1. The van der Waals surface area contributed by atoms with Crippen molar-refractivity contribution in [3.8, 4) is 22.9 Å². The number of methoxy groups -OCH3 is 2. The van der Waals surface area contributed by atoms with Gasteiger partial charge in [0.2, 0.25) is 5.91 Å². The Morgan fingerprint density at radius 3 is 2.84 bits per heavy atom. The van der Waals surface area contributed by atoms with Crippen LogP contribution in [-0.2, 0) is 24.7 Å². The molecule has 0 saturated heterocycles. The van der Waals surface area contributed by atoms with Crippen LogP contribution in [0.15, 0.2) is 24.9 Å². The number of anilines is 1. The van der Waals surface area contributed by atoms with E-state index >= 15 is 4.39 Å². The largest absolute Gasteiger partial charge is 0.495 e. The third kappa shape index (κ3) is 3.62. The molecule has 2 N–H and O–H groups in total. The number of halogens is 2. The van der Waals surface area contributed by atoms with Gasteiger partial charge in [0.15, 0.2) is 11.6 Å². The number of aromatic nitrogens is 4. The number of aromatic amines is 1. The number of H-pyrrole nitrogens is 1. The van der Waals surface area contributed by atoms with E-state index in [1.54, 1.807) is 17.9 Å². The molecule has 2 heterocycles. The Kier molecular flexibility index (Phi) is 5.92. The number of amides is 1. The van der Waals surface area contributed by atoms with E-state index in [9.17, 15) is 4.79 Å². The topological polar surface area (TPSA) is 94.1 Å². The van der Waals surface area contributed by atoms with Crippen molar-refractivity contribution < 1.29 is 18.7 Å². The van der Waals surface area contributed by atoms with Gasteiger partial charge in [0.05, 0.1) is 31.1 Å². The Morgan fingerprint density at radius 1 is 1.41 bits per heavy atom. The molecule has 0 saturated carbocycles. The molecule has 0 fully saturated rings. The van der Waals surface area contributed by atoms with Crippen LogP contribution in [0, 0.1) is 5.82 Å². The number of hydrogen-bond donors (Lipinski definition) is 2. The lowest BCUT2D eigenvalue weighted by Crippen LogP contribution is -2.15. The SMILES string of the molecule is C=CC(=O)Nc1cnn(C)c1-c1n[nH]c2c1CC[C@H](c1c(F)c(OC)cc(OC)c1Cl)C2. The molecule has 0 bridgehead atoms. The van der Waals surface area contributed by atoms with Crippen LogP contribution in [0.5, 0.6) is 11.5 Å². The van der Waals surface area contributed by atoms with Gasteiger partial charge in [0, 0.05) is 29.9 Å². The van der Waals surface area contributed by atoms with Crippen molar-refractivity contribution in [2.45, 2.75) is 25.2 Å². The smallest absolute Gasteiger partial charge is 0.247 e. The summed E-state index contributed by atoms with van der Waals surface area (Å²) in [6.07, 6.45) is 4.57. The van der Waals surface area contributed by atoms with E-state index in [0.29, 0.717) is 47.7 Å². The molecule has 0 spiro atoms. The van der Waals surface area contributed by atoms with Gasteiger partial charge in [-0.2, -0.15) is 10.2 Å². The number of hydrogen-bond acceptors (Lipinski definition) is 5. The molecular weight excluding hydrogens is 437 g/mol. The summed E-state index contributed by atoms with van der Waals surface area (Å²) in [5.74, 6) is -0.532. The first kappa shape index (κ1) is 21.9. The molecule has 1 amide bonds. The van der Waals surface area contributed by atoms with Gasteiger partial charge in [-0.15, -0.1) is 0 Å². The van der Waals surface area contributed by atoms with E-state index in [-0.39, 0.29) is 22.6 Å². The van der Waals surface area contributed by atoms with Crippen molar-refractivity contribution in [1.29, 1.82) is 0 Å². The van der Waals surface area contributed by atoms with E-state index in [0.717, 1.165) is 11.3 Å². The molecule has 32 heavy (non-hydrogen) atoms. The van der Waals surface area contributed by atoms with Crippen LogP contribution < -0.4 is 14.8 Å². The lowest BCUT2D eigenvalue weighted by atomic mass is 9.81. The third-order valence-electron chi connectivity index (χ3n) is 5.77. The van der Waals surface area contributed by atoms with Crippen LogP contribution >= 0.6 is 11.6 Å². The second-order valence-corrected chi connectivity index (χ2v) is 7.89. The zero-order chi connectivity index (χ0) is 23.0. The molecule has 1 aromatic carbocycles. The highest BCUT2D eigenvalue weighted by Crippen LogP contribution is 2.45. The predicted molar refractivity (Wildman–Crippen MR) is 119 cm³/mol. The van der Waals surface area contributed by atoms with Crippen LogP contribution in [0.2, 0.25) is 5.02 Å². The first-order valence-corrected chi connectivity index (χ1v) is 10.4. The molecule has 168 valence electrons. The number of nitrogens with one attached hydrogen (secondary N) is 2. The Hall–Kier alpha value is -3.33. The highest BCUT2D eigenvalue weighted by atomic mass is 35.5. The number of nitrogens with zero attached hydrogens (tertiary/aromatic N) is 3. The molecule has 10 heteroatoms. The van der Waals surface area contributed by atoms with Gasteiger partial charge < -0.3 is 14.8 Å². The van der Waals surface area contributed by atoms with Gasteiger partial charge in [0.1, 0.15) is 17.1 Å². The maximum Gasteiger partial charge on any atom is 0.247 e. The summed E-state index contributed by atoms with van der Waals surface area (Å²) in [6.45, 7) is 3.48. The lowest BCUT2D eigenvalue weighted by molar-refractivity contribution is -0.111. The minimum atomic E-state index is -0.479. The summed E-state index contributed by atoms with van der Waals surface area (Å²) in [4.78, 5) is 11.8. The van der Waals surface area contributed by atoms with Crippen molar-refractivity contribution in [3.05, 3.63) is 52.6 Å². The Morgan fingerprint density at radius 2 is 2.16 bits per heavy atom. The van der Waals surface area contributed by atoms with Crippen molar-refractivity contribution in [1.82, 2.24) is 20.0 Å². The molecule has 1 aliphatic rings. The fraction of sp³-hybridized carbons (Fsp3) is 0.318. The minimum absolute atomic E-state index is 0.0924. The minimum Gasteiger partial charge on any atom is -0.495 e. The highest BCUT2D eigenvalue weighted by molar-refractivity contribution is 6.33. The Balaban J connectivity index is 1.71.